The highest BCUT2D eigenvalue weighted by Gasteiger charge is 2.32. The van der Waals surface area contributed by atoms with Crippen LogP contribution in [0.2, 0.25) is 0 Å². The summed E-state index contributed by atoms with van der Waals surface area (Å²) in [7, 11) is 3.01. The molecule has 0 saturated heterocycles. The molecule has 2 aromatic rings. The maximum atomic E-state index is 12.0. The van der Waals surface area contributed by atoms with Crippen LogP contribution in [0.4, 0.5) is 11.5 Å². The molecule has 0 spiro atoms. The molecule has 1 aromatic carbocycles. The normalized spacial score (nSPS) is 16.4. The van der Waals surface area contributed by atoms with E-state index in [4.69, 9.17) is 14.2 Å². The standard InChI is InChI=1S/C17H18N2O4/c1-21-10-12-11-23-16-13(17(20)22-2)6-5-7-14(16)19(12)15-8-3-4-9-18-15/h3-9,12H,10-11H2,1-2H3/t12-/m0/s1. The van der Waals surface area contributed by atoms with E-state index in [1.165, 1.54) is 7.11 Å². The van der Waals surface area contributed by atoms with E-state index >= 15 is 0 Å². The number of benzene rings is 1. The van der Waals surface area contributed by atoms with E-state index < -0.39 is 5.97 Å². The monoisotopic (exact) mass is 314 g/mol. The zero-order valence-corrected chi connectivity index (χ0v) is 13.1. The second-order valence-electron chi connectivity index (χ2n) is 5.12. The smallest absolute Gasteiger partial charge is 0.341 e. The third-order valence-corrected chi connectivity index (χ3v) is 3.70. The number of methoxy groups -OCH3 is 2. The van der Waals surface area contributed by atoms with Crippen molar-refractivity contribution in [2.45, 2.75) is 6.04 Å². The molecule has 6 nitrogen and oxygen atoms in total. The predicted octanol–water partition coefficient (Wildman–Crippen LogP) is 2.41. The van der Waals surface area contributed by atoms with E-state index in [1.807, 2.05) is 29.2 Å². The summed E-state index contributed by atoms with van der Waals surface area (Å²) >= 11 is 0. The molecule has 2 heterocycles. The van der Waals surface area contributed by atoms with Gasteiger partial charge in [0.25, 0.3) is 0 Å². The van der Waals surface area contributed by atoms with Crippen molar-refractivity contribution in [3.05, 3.63) is 48.2 Å². The first-order chi connectivity index (χ1) is 11.3. The van der Waals surface area contributed by atoms with Crippen LogP contribution >= 0.6 is 0 Å². The van der Waals surface area contributed by atoms with E-state index in [-0.39, 0.29) is 6.04 Å². The van der Waals surface area contributed by atoms with Crippen LogP contribution in [0.1, 0.15) is 10.4 Å². The Hall–Kier alpha value is -2.60. The number of pyridine rings is 1. The van der Waals surface area contributed by atoms with Gasteiger partial charge >= 0.3 is 5.97 Å². The molecule has 1 aliphatic heterocycles. The number of carbonyl (C=O) groups excluding carboxylic acids is 1. The van der Waals surface area contributed by atoms with Crippen LogP contribution in [-0.4, -0.2) is 44.4 Å². The summed E-state index contributed by atoms with van der Waals surface area (Å²) < 4.78 is 16.0. The van der Waals surface area contributed by atoms with Gasteiger partial charge < -0.3 is 19.1 Å². The maximum absolute atomic E-state index is 12.0. The Kier molecular flexibility index (Phi) is 4.43. The summed E-state index contributed by atoms with van der Waals surface area (Å²) in [4.78, 5) is 18.4. The molecule has 1 atom stereocenters. The van der Waals surface area contributed by atoms with Crippen LogP contribution in [0.5, 0.6) is 5.75 Å². The minimum atomic E-state index is -0.423. The Bertz CT molecular complexity index is 690. The number of hydrogen-bond donors (Lipinski definition) is 0. The Labute approximate surface area is 134 Å². The molecule has 1 aliphatic rings. The van der Waals surface area contributed by atoms with Gasteiger partial charge in [0, 0.05) is 13.3 Å². The fourth-order valence-electron chi connectivity index (χ4n) is 2.71. The molecule has 0 amide bonds. The highest BCUT2D eigenvalue weighted by atomic mass is 16.5. The van der Waals surface area contributed by atoms with Gasteiger partial charge in [0.05, 0.1) is 25.4 Å². The van der Waals surface area contributed by atoms with Crippen LogP contribution in [-0.2, 0) is 9.47 Å². The third kappa shape index (κ3) is 2.85. The minimum absolute atomic E-state index is 0.0321. The Morgan fingerprint density at radius 3 is 2.87 bits per heavy atom. The molecule has 0 unspecified atom stereocenters. The average Bonchev–Trinajstić information content (AvgIpc) is 2.61. The van der Waals surface area contributed by atoms with Crippen molar-refractivity contribution >= 4 is 17.5 Å². The highest BCUT2D eigenvalue weighted by molar-refractivity contribution is 5.95. The molecule has 0 N–H and O–H groups in total. The fraction of sp³-hybridized carbons (Fsp3) is 0.294. The molecule has 120 valence electrons. The van der Waals surface area contributed by atoms with Crippen molar-refractivity contribution in [3.63, 3.8) is 0 Å². The molecule has 0 fully saturated rings. The van der Waals surface area contributed by atoms with Gasteiger partial charge in [-0.15, -0.1) is 0 Å². The largest absolute Gasteiger partial charge is 0.488 e. The van der Waals surface area contributed by atoms with Gasteiger partial charge in [-0.1, -0.05) is 12.1 Å². The van der Waals surface area contributed by atoms with Crippen molar-refractivity contribution < 1.29 is 19.0 Å². The first-order valence-electron chi connectivity index (χ1n) is 7.29. The zero-order chi connectivity index (χ0) is 16.2. The van der Waals surface area contributed by atoms with Crippen molar-refractivity contribution in [1.29, 1.82) is 0 Å². The van der Waals surface area contributed by atoms with Crippen molar-refractivity contribution in [3.8, 4) is 5.75 Å². The lowest BCUT2D eigenvalue weighted by molar-refractivity contribution is 0.0594. The quantitative estimate of drug-likeness (QED) is 0.808. The molecule has 1 aromatic heterocycles. The molecule has 6 heteroatoms. The lowest BCUT2D eigenvalue weighted by Crippen LogP contribution is -2.43. The van der Waals surface area contributed by atoms with Crippen molar-refractivity contribution in [2.75, 3.05) is 32.3 Å². The van der Waals surface area contributed by atoms with E-state index in [9.17, 15) is 4.79 Å². The molecule has 23 heavy (non-hydrogen) atoms. The molecular weight excluding hydrogens is 296 g/mol. The molecule has 3 rings (SSSR count). The number of carbonyl (C=O) groups is 1. The van der Waals surface area contributed by atoms with Crippen LogP contribution in [0.15, 0.2) is 42.6 Å². The first kappa shape index (κ1) is 15.3. The summed E-state index contributed by atoms with van der Waals surface area (Å²) in [6, 6.07) is 11.1. The van der Waals surface area contributed by atoms with Crippen LogP contribution in [0.3, 0.4) is 0 Å². The maximum Gasteiger partial charge on any atom is 0.341 e. The van der Waals surface area contributed by atoms with Crippen molar-refractivity contribution in [2.24, 2.45) is 0 Å². The number of nitrogens with zero attached hydrogens (tertiary/aromatic N) is 2. The van der Waals surface area contributed by atoms with Gasteiger partial charge in [-0.3, -0.25) is 0 Å². The van der Waals surface area contributed by atoms with Gasteiger partial charge in [0.1, 0.15) is 18.0 Å². The molecule has 0 bridgehead atoms. The number of aromatic nitrogens is 1. The summed E-state index contributed by atoms with van der Waals surface area (Å²) in [6.45, 7) is 0.879. The van der Waals surface area contributed by atoms with Gasteiger partial charge in [-0.05, 0) is 24.3 Å². The average molecular weight is 314 g/mol. The van der Waals surface area contributed by atoms with Gasteiger partial charge in [0.2, 0.25) is 0 Å². The van der Waals surface area contributed by atoms with Gasteiger partial charge in [0.15, 0.2) is 5.75 Å². The van der Waals surface area contributed by atoms with E-state index in [0.29, 0.717) is 24.5 Å². The molecule has 0 radical (unpaired) electrons. The molecule has 0 aliphatic carbocycles. The van der Waals surface area contributed by atoms with Crippen LogP contribution < -0.4 is 9.64 Å². The summed E-state index contributed by atoms with van der Waals surface area (Å²) in [6.07, 6.45) is 1.73. The van der Waals surface area contributed by atoms with E-state index in [2.05, 4.69) is 4.98 Å². The second kappa shape index (κ2) is 6.66. The molecule has 0 saturated carbocycles. The summed E-state index contributed by atoms with van der Waals surface area (Å²) in [5, 5.41) is 0. The predicted molar refractivity (Wildman–Crippen MR) is 85.3 cm³/mol. The first-order valence-corrected chi connectivity index (χ1v) is 7.29. The Morgan fingerprint density at radius 1 is 1.30 bits per heavy atom. The fourth-order valence-corrected chi connectivity index (χ4v) is 2.71. The minimum Gasteiger partial charge on any atom is -0.488 e. The van der Waals surface area contributed by atoms with Gasteiger partial charge in [-0.25, -0.2) is 9.78 Å². The van der Waals surface area contributed by atoms with E-state index in [0.717, 1.165) is 11.5 Å². The number of anilines is 2. The zero-order valence-electron chi connectivity index (χ0n) is 13.1. The number of esters is 1. The lowest BCUT2D eigenvalue weighted by atomic mass is 10.1. The van der Waals surface area contributed by atoms with E-state index in [1.54, 1.807) is 25.4 Å². The Balaban J connectivity index is 2.11. The van der Waals surface area contributed by atoms with Gasteiger partial charge in [-0.2, -0.15) is 0 Å². The van der Waals surface area contributed by atoms with Crippen LogP contribution in [0, 0.1) is 0 Å². The summed E-state index contributed by atoms with van der Waals surface area (Å²) in [5.74, 6) is 0.867. The Morgan fingerprint density at radius 2 is 2.17 bits per heavy atom. The number of ether oxygens (including phenoxy) is 3. The number of fused-ring (bicyclic) bond motifs is 1. The number of rotatable bonds is 4. The third-order valence-electron chi connectivity index (χ3n) is 3.70. The SMILES string of the molecule is COC[C@H]1COc2c(C(=O)OC)cccc2N1c1ccccn1. The van der Waals surface area contributed by atoms with Crippen LogP contribution in [0.25, 0.3) is 0 Å². The lowest BCUT2D eigenvalue weighted by Gasteiger charge is -2.37. The second-order valence-corrected chi connectivity index (χ2v) is 5.12. The van der Waals surface area contributed by atoms with Crippen molar-refractivity contribution in [1.82, 2.24) is 4.98 Å². The number of hydrogen-bond acceptors (Lipinski definition) is 6. The molecular formula is C17H18N2O4. The topological polar surface area (TPSA) is 60.9 Å². The highest BCUT2D eigenvalue weighted by Crippen LogP contribution is 2.40. The number of para-hydroxylation sites is 1. The summed E-state index contributed by atoms with van der Waals surface area (Å²) in [5.41, 5.74) is 1.18.